The molecule has 1 aromatic heterocycles. The molecule has 2 aromatic carbocycles. The number of tetrazole rings is 1. The monoisotopic (exact) mass is 396 g/mol. The second kappa shape index (κ2) is 7.06. The van der Waals surface area contributed by atoms with Gasteiger partial charge in [0, 0.05) is 10.6 Å². The van der Waals surface area contributed by atoms with Crippen molar-refractivity contribution in [2.75, 3.05) is 6.61 Å². The van der Waals surface area contributed by atoms with Crippen LogP contribution >= 0.6 is 27.5 Å². The molecular weight excluding hydrogens is 387 g/mol. The zero-order chi connectivity index (χ0) is 16.2. The fraction of sp³-hybridized carbons (Fsp3) is 0.133. The van der Waals surface area contributed by atoms with E-state index in [0.29, 0.717) is 35.3 Å². The lowest BCUT2D eigenvalue weighted by atomic mass is 10.2. The van der Waals surface area contributed by atoms with Gasteiger partial charge in [0.2, 0.25) is 5.82 Å². The van der Waals surface area contributed by atoms with Crippen LogP contribution < -0.4 is 4.74 Å². The highest BCUT2D eigenvalue weighted by Crippen LogP contribution is 2.27. The largest absolute Gasteiger partial charge is 0.490 e. The molecule has 0 atom stereocenters. The van der Waals surface area contributed by atoms with E-state index in [1.165, 1.54) is 16.9 Å². The van der Waals surface area contributed by atoms with E-state index in [9.17, 15) is 4.39 Å². The maximum atomic E-state index is 13.2. The van der Waals surface area contributed by atoms with Crippen molar-refractivity contribution in [3.63, 3.8) is 0 Å². The van der Waals surface area contributed by atoms with E-state index in [-0.39, 0.29) is 5.82 Å². The minimum Gasteiger partial charge on any atom is -0.490 e. The number of hydrogen-bond acceptors (Lipinski definition) is 4. The van der Waals surface area contributed by atoms with Crippen molar-refractivity contribution >= 4 is 27.5 Å². The van der Waals surface area contributed by atoms with Crippen molar-refractivity contribution in [3.05, 3.63) is 57.8 Å². The van der Waals surface area contributed by atoms with Crippen LogP contribution in [0.25, 0.3) is 11.4 Å². The molecule has 3 aromatic rings. The van der Waals surface area contributed by atoms with Gasteiger partial charge in [-0.25, -0.2) is 4.39 Å². The Hall–Kier alpha value is -1.99. The molecule has 0 amide bonds. The lowest BCUT2D eigenvalue weighted by molar-refractivity contribution is 0.279. The van der Waals surface area contributed by atoms with Gasteiger partial charge in [-0.05, 0) is 51.5 Å². The normalized spacial score (nSPS) is 10.7. The van der Waals surface area contributed by atoms with E-state index >= 15 is 0 Å². The molecule has 23 heavy (non-hydrogen) atoms. The minimum atomic E-state index is -0.338. The summed E-state index contributed by atoms with van der Waals surface area (Å²) in [5.74, 6) is 0.715. The maximum Gasteiger partial charge on any atom is 0.205 e. The highest BCUT2D eigenvalue weighted by atomic mass is 79.9. The molecule has 0 aliphatic rings. The summed E-state index contributed by atoms with van der Waals surface area (Å²) in [5, 5.41) is 12.7. The van der Waals surface area contributed by atoms with Crippen molar-refractivity contribution in [1.82, 2.24) is 20.2 Å². The molecule has 118 valence electrons. The Morgan fingerprint density at radius 1 is 1.22 bits per heavy atom. The third-order valence-corrected chi connectivity index (χ3v) is 3.83. The first-order chi connectivity index (χ1) is 11.1. The van der Waals surface area contributed by atoms with Crippen LogP contribution in [0.2, 0.25) is 5.02 Å². The van der Waals surface area contributed by atoms with E-state index in [4.69, 9.17) is 16.3 Å². The van der Waals surface area contributed by atoms with Crippen LogP contribution in [0, 0.1) is 5.82 Å². The Labute approximate surface area is 145 Å². The third-order valence-electron chi connectivity index (χ3n) is 2.98. The van der Waals surface area contributed by atoms with Gasteiger partial charge in [0.25, 0.3) is 0 Å². The van der Waals surface area contributed by atoms with Gasteiger partial charge in [0.05, 0.1) is 11.0 Å². The summed E-state index contributed by atoms with van der Waals surface area (Å²) in [6.45, 7) is 0.774. The third kappa shape index (κ3) is 4.05. The number of rotatable bonds is 5. The van der Waals surface area contributed by atoms with Gasteiger partial charge in [0.1, 0.15) is 18.2 Å². The Bertz CT molecular complexity index is 827. The average Bonchev–Trinajstić information content (AvgIpc) is 2.98. The maximum absolute atomic E-state index is 13.2. The molecule has 0 radical (unpaired) electrons. The van der Waals surface area contributed by atoms with Gasteiger partial charge < -0.3 is 4.74 Å². The van der Waals surface area contributed by atoms with Crippen LogP contribution in [0.5, 0.6) is 5.75 Å². The van der Waals surface area contributed by atoms with Crippen LogP contribution in [0.3, 0.4) is 0 Å². The van der Waals surface area contributed by atoms with Gasteiger partial charge in [-0.1, -0.05) is 23.7 Å². The topological polar surface area (TPSA) is 52.8 Å². The van der Waals surface area contributed by atoms with E-state index < -0.39 is 0 Å². The van der Waals surface area contributed by atoms with Crippen molar-refractivity contribution in [2.45, 2.75) is 6.54 Å². The van der Waals surface area contributed by atoms with E-state index in [1.54, 1.807) is 30.3 Å². The predicted molar refractivity (Wildman–Crippen MR) is 87.9 cm³/mol. The standard InChI is InChI=1S/C15H11BrClFN4O/c16-13-9-11(17)4-5-14(13)23-7-6-22-20-15(19-21-22)10-2-1-3-12(18)8-10/h1-5,8-9H,6-7H2. The van der Waals surface area contributed by atoms with Gasteiger partial charge in [-0.2, -0.15) is 4.80 Å². The number of nitrogens with zero attached hydrogens (tertiary/aromatic N) is 4. The van der Waals surface area contributed by atoms with E-state index in [1.807, 2.05) is 0 Å². The Kier molecular flexibility index (Phi) is 4.88. The first kappa shape index (κ1) is 15.9. The number of aromatic nitrogens is 4. The first-order valence-corrected chi connectivity index (χ1v) is 7.90. The number of halogens is 3. The zero-order valence-electron chi connectivity index (χ0n) is 11.8. The quantitative estimate of drug-likeness (QED) is 0.653. The molecule has 5 nitrogen and oxygen atoms in total. The summed E-state index contributed by atoms with van der Waals surface area (Å²) in [4.78, 5) is 1.41. The molecule has 0 saturated carbocycles. The predicted octanol–water partition coefficient (Wildman–Crippen LogP) is 3.97. The number of hydrogen-bond donors (Lipinski definition) is 0. The Morgan fingerprint density at radius 3 is 2.87 bits per heavy atom. The summed E-state index contributed by atoms with van der Waals surface area (Å²) in [5.41, 5.74) is 0.581. The van der Waals surface area contributed by atoms with E-state index in [0.717, 1.165) is 4.47 Å². The lowest BCUT2D eigenvalue weighted by Crippen LogP contribution is -2.11. The molecule has 8 heteroatoms. The molecule has 0 fully saturated rings. The molecule has 0 spiro atoms. The van der Waals surface area contributed by atoms with Crippen LogP contribution in [0.15, 0.2) is 46.9 Å². The molecule has 0 bridgehead atoms. The second-order valence-corrected chi connectivity index (χ2v) is 5.93. The molecular formula is C15H11BrClFN4O. The minimum absolute atomic E-state index is 0.338. The fourth-order valence-corrected chi connectivity index (χ4v) is 2.71. The number of benzene rings is 2. The van der Waals surface area contributed by atoms with Crippen molar-refractivity contribution < 1.29 is 9.13 Å². The van der Waals surface area contributed by atoms with Crippen LogP contribution in [-0.2, 0) is 6.54 Å². The van der Waals surface area contributed by atoms with Crippen LogP contribution in [-0.4, -0.2) is 26.8 Å². The van der Waals surface area contributed by atoms with Crippen molar-refractivity contribution in [2.24, 2.45) is 0 Å². The average molecular weight is 398 g/mol. The summed E-state index contributed by atoms with van der Waals surface area (Å²) in [7, 11) is 0. The van der Waals surface area contributed by atoms with Gasteiger partial charge in [-0.3, -0.25) is 0 Å². The number of ether oxygens (including phenoxy) is 1. The second-order valence-electron chi connectivity index (χ2n) is 4.64. The SMILES string of the molecule is Fc1cccc(-c2nnn(CCOc3ccc(Cl)cc3Br)n2)c1. The molecule has 0 saturated heterocycles. The molecule has 3 rings (SSSR count). The van der Waals surface area contributed by atoms with Crippen molar-refractivity contribution in [1.29, 1.82) is 0 Å². The van der Waals surface area contributed by atoms with Gasteiger partial charge in [-0.15, -0.1) is 10.2 Å². The molecule has 0 unspecified atom stereocenters. The summed E-state index contributed by atoms with van der Waals surface area (Å²) in [6, 6.07) is 11.3. The summed E-state index contributed by atoms with van der Waals surface area (Å²) >= 11 is 9.25. The van der Waals surface area contributed by atoms with Crippen LogP contribution in [0.4, 0.5) is 4.39 Å². The molecule has 0 aliphatic carbocycles. The molecule has 0 aliphatic heterocycles. The fourth-order valence-electron chi connectivity index (χ4n) is 1.91. The smallest absolute Gasteiger partial charge is 0.205 e. The Morgan fingerprint density at radius 2 is 2.09 bits per heavy atom. The Balaban J connectivity index is 1.61. The highest BCUT2D eigenvalue weighted by Gasteiger charge is 2.07. The zero-order valence-corrected chi connectivity index (χ0v) is 14.1. The van der Waals surface area contributed by atoms with Crippen LogP contribution in [0.1, 0.15) is 0 Å². The molecule has 0 N–H and O–H groups in total. The van der Waals surface area contributed by atoms with Crippen molar-refractivity contribution in [3.8, 4) is 17.1 Å². The van der Waals surface area contributed by atoms with Gasteiger partial charge >= 0.3 is 0 Å². The lowest BCUT2D eigenvalue weighted by Gasteiger charge is -2.07. The van der Waals surface area contributed by atoms with E-state index in [2.05, 4.69) is 31.3 Å². The summed E-state index contributed by atoms with van der Waals surface area (Å²) in [6.07, 6.45) is 0. The molecule has 1 heterocycles. The first-order valence-electron chi connectivity index (χ1n) is 6.73. The highest BCUT2D eigenvalue weighted by molar-refractivity contribution is 9.10. The summed E-state index contributed by atoms with van der Waals surface area (Å²) < 4.78 is 19.6. The van der Waals surface area contributed by atoms with Gasteiger partial charge in [0.15, 0.2) is 0 Å².